The maximum absolute atomic E-state index is 12.3. The van der Waals surface area contributed by atoms with Crippen molar-refractivity contribution in [2.75, 3.05) is 7.11 Å². The molecule has 0 atom stereocenters. The van der Waals surface area contributed by atoms with Crippen molar-refractivity contribution >= 4 is 11.6 Å². The molecule has 0 aliphatic heterocycles. The van der Waals surface area contributed by atoms with E-state index in [4.69, 9.17) is 4.74 Å². The topological polar surface area (TPSA) is 56.3 Å². The van der Waals surface area contributed by atoms with Crippen LogP contribution < -0.4 is 0 Å². The zero-order valence-electron chi connectivity index (χ0n) is 10.5. The van der Waals surface area contributed by atoms with Crippen LogP contribution in [0.2, 0.25) is 0 Å². The molecule has 0 amide bonds. The van der Waals surface area contributed by atoms with Crippen molar-refractivity contribution in [3.8, 4) is 0 Å². The fourth-order valence-electron chi connectivity index (χ4n) is 2.09. The minimum atomic E-state index is -0.222. The van der Waals surface area contributed by atoms with Crippen molar-refractivity contribution in [2.24, 2.45) is 0 Å². The molecule has 0 radical (unpaired) electrons. The molecule has 0 spiro atoms. The highest BCUT2D eigenvalue weighted by molar-refractivity contribution is 6.25. The van der Waals surface area contributed by atoms with Gasteiger partial charge in [-0.05, 0) is 18.9 Å². The fraction of sp³-hybridized carbons (Fsp3) is 0.357. The maximum atomic E-state index is 12.3. The van der Waals surface area contributed by atoms with Gasteiger partial charge in [0.2, 0.25) is 5.78 Å². The SMILES string of the molecule is CCCCC1=C(OC)C(=O)c2ccncc2C1=O. The minimum Gasteiger partial charge on any atom is -0.492 e. The van der Waals surface area contributed by atoms with Crippen molar-refractivity contribution in [2.45, 2.75) is 26.2 Å². The van der Waals surface area contributed by atoms with Crippen LogP contribution in [0.1, 0.15) is 46.9 Å². The Kier molecular flexibility index (Phi) is 3.55. The summed E-state index contributed by atoms with van der Waals surface area (Å²) in [7, 11) is 1.43. The number of ether oxygens (including phenoxy) is 1. The molecule has 1 aliphatic rings. The summed E-state index contributed by atoms with van der Waals surface area (Å²) in [4.78, 5) is 28.4. The van der Waals surface area contributed by atoms with E-state index >= 15 is 0 Å². The molecule has 0 saturated heterocycles. The van der Waals surface area contributed by atoms with Crippen LogP contribution in [-0.4, -0.2) is 23.7 Å². The molecule has 0 N–H and O–H groups in total. The second-order valence-electron chi connectivity index (χ2n) is 4.19. The number of rotatable bonds is 4. The number of nitrogens with zero attached hydrogens (tertiary/aromatic N) is 1. The number of unbranched alkanes of at least 4 members (excludes halogenated alkanes) is 1. The zero-order valence-corrected chi connectivity index (χ0v) is 10.5. The smallest absolute Gasteiger partial charge is 0.228 e. The molecule has 18 heavy (non-hydrogen) atoms. The van der Waals surface area contributed by atoms with E-state index in [2.05, 4.69) is 4.98 Å². The summed E-state index contributed by atoms with van der Waals surface area (Å²) in [6, 6.07) is 1.56. The Balaban J connectivity index is 2.50. The Morgan fingerprint density at radius 3 is 2.67 bits per heavy atom. The maximum Gasteiger partial charge on any atom is 0.228 e. The molecule has 94 valence electrons. The Morgan fingerprint density at radius 2 is 2.00 bits per heavy atom. The number of carbonyl (C=O) groups is 2. The van der Waals surface area contributed by atoms with Gasteiger partial charge in [0.1, 0.15) is 0 Å². The van der Waals surface area contributed by atoms with Crippen molar-refractivity contribution < 1.29 is 14.3 Å². The number of fused-ring (bicyclic) bond motifs is 1. The van der Waals surface area contributed by atoms with Gasteiger partial charge in [0.05, 0.1) is 12.7 Å². The first kappa shape index (κ1) is 12.5. The lowest BCUT2D eigenvalue weighted by atomic mass is 9.87. The highest BCUT2D eigenvalue weighted by atomic mass is 16.5. The predicted molar refractivity (Wildman–Crippen MR) is 66.5 cm³/mol. The average molecular weight is 245 g/mol. The first-order chi connectivity index (χ1) is 8.70. The van der Waals surface area contributed by atoms with E-state index in [0.717, 1.165) is 12.8 Å². The molecule has 0 fully saturated rings. The van der Waals surface area contributed by atoms with Gasteiger partial charge < -0.3 is 4.74 Å². The quantitative estimate of drug-likeness (QED) is 0.818. The summed E-state index contributed by atoms with van der Waals surface area (Å²) < 4.78 is 5.13. The van der Waals surface area contributed by atoms with Crippen LogP contribution in [0.3, 0.4) is 0 Å². The van der Waals surface area contributed by atoms with Gasteiger partial charge in [0.25, 0.3) is 0 Å². The molecule has 1 aliphatic carbocycles. The number of pyridine rings is 1. The lowest BCUT2D eigenvalue weighted by molar-refractivity contribution is 0.0902. The minimum absolute atomic E-state index is 0.136. The standard InChI is InChI=1S/C14H15NO3/c1-3-4-5-10-12(16)11-8-15-7-6-9(11)13(17)14(10)18-2/h6-8H,3-5H2,1-2H3. The van der Waals surface area contributed by atoms with Crippen molar-refractivity contribution in [1.82, 2.24) is 4.98 Å². The van der Waals surface area contributed by atoms with Gasteiger partial charge in [-0.3, -0.25) is 14.6 Å². The fourth-order valence-corrected chi connectivity index (χ4v) is 2.09. The van der Waals surface area contributed by atoms with Gasteiger partial charge in [-0.25, -0.2) is 0 Å². The Hall–Kier alpha value is -1.97. The molecule has 0 unspecified atom stereocenters. The van der Waals surface area contributed by atoms with Gasteiger partial charge in [-0.15, -0.1) is 0 Å². The number of methoxy groups -OCH3 is 1. The van der Waals surface area contributed by atoms with Crippen molar-refractivity contribution in [1.29, 1.82) is 0 Å². The van der Waals surface area contributed by atoms with E-state index in [0.29, 0.717) is 23.1 Å². The average Bonchev–Trinajstić information content (AvgIpc) is 2.41. The third-order valence-electron chi connectivity index (χ3n) is 3.05. The third kappa shape index (κ3) is 1.94. The second kappa shape index (κ2) is 5.12. The predicted octanol–water partition coefficient (Wildman–Crippen LogP) is 2.55. The molecule has 1 heterocycles. The first-order valence-electron chi connectivity index (χ1n) is 6.01. The normalized spacial score (nSPS) is 14.8. The zero-order chi connectivity index (χ0) is 13.1. The van der Waals surface area contributed by atoms with Crippen LogP contribution >= 0.6 is 0 Å². The molecule has 4 nitrogen and oxygen atoms in total. The monoisotopic (exact) mass is 245 g/mol. The lowest BCUT2D eigenvalue weighted by Crippen LogP contribution is -2.23. The molecule has 4 heteroatoms. The Morgan fingerprint density at radius 1 is 1.22 bits per heavy atom. The molecule has 1 aromatic rings. The van der Waals surface area contributed by atoms with Crippen LogP contribution in [-0.2, 0) is 4.74 Å². The molecule has 2 rings (SSSR count). The summed E-state index contributed by atoms with van der Waals surface area (Å²) in [6.07, 6.45) is 5.35. The number of hydrogen-bond donors (Lipinski definition) is 0. The van der Waals surface area contributed by atoms with Gasteiger partial charge in [-0.2, -0.15) is 0 Å². The summed E-state index contributed by atoms with van der Waals surface area (Å²) in [5.74, 6) is -0.171. The number of hydrogen-bond acceptors (Lipinski definition) is 4. The number of ketones is 2. The Labute approximate surface area is 106 Å². The van der Waals surface area contributed by atoms with Crippen LogP contribution in [0.15, 0.2) is 29.8 Å². The van der Waals surface area contributed by atoms with E-state index in [1.807, 2.05) is 6.92 Å². The van der Waals surface area contributed by atoms with Crippen molar-refractivity contribution in [3.05, 3.63) is 40.9 Å². The summed E-state index contributed by atoms with van der Waals surface area (Å²) >= 11 is 0. The van der Waals surface area contributed by atoms with E-state index < -0.39 is 0 Å². The van der Waals surface area contributed by atoms with E-state index in [9.17, 15) is 9.59 Å². The van der Waals surface area contributed by atoms with Crippen LogP contribution in [0.5, 0.6) is 0 Å². The summed E-state index contributed by atoms with van der Waals surface area (Å²) in [6.45, 7) is 2.04. The lowest BCUT2D eigenvalue weighted by Gasteiger charge is -2.19. The molecule has 0 aromatic carbocycles. The first-order valence-corrected chi connectivity index (χ1v) is 6.01. The summed E-state index contributed by atoms with van der Waals surface area (Å²) in [5, 5.41) is 0. The number of carbonyl (C=O) groups excluding carboxylic acids is 2. The molecule has 0 saturated carbocycles. The van der Waals surface area contributed by atoms with E-state index in [-0.39, 0.29) is 17.3 Å². The van der Waals surface area contributed by atoms with E-state index in [1.165, 1.54) is 19.5 Å². The van der Waals surface area contributed by atoms with Gasteiger partial charge in [0, 0.05) is 23.5 Å². The molecular weight excluding hydrogens is 230 g/mol. The number of aromatic nitrogens is 1. The number of Topliss-reactive ketones (excluding diaryl/α,β-unsaturated/α-hetero) is 2. The van der Waals surface area contributed by atoms with Gasteiger partial charge in [0.15, 0.2) is 11.5 Å². The number of allylic oxidation sites excluding steroid dienone is 2. The summed E-state index contributed by atoms with van der Waals surface area (Å²) in [5.41, 5.74) is 1.24. The van der Waals surface area contributed by atoms with E-state index in [1.54, 1.807) is 6.07 Å². The van der Waals surface area contributed by atoms with Crippen LogP contribution in [0, 0.1) is 0 Å². The van der Waals surface area contributed by atoms with Crippen LogP contribution in [0.4, 0.5) is 0 Å². The highest BCUT2D eigenvalue weighted by Gasteiger charge is 2.32. The molecular formula is C14H15NO3. The second-order valence-corrected chi connectivity index (χ2v) is 4.19. The Bertz CT molecular complexity index is 532. The molecule has 0 bridgehead atoms. The largest absolute Gasteiger partial charge is 0.492 e. The van der Waals surface area contributed by atoms with Crippen molar-refractivity contribution in [3.63, 3.8) is 0 Å². The third-order valence-corrected chi connectivity index (χ3v) is 3.05. The molecule has 1 aromatic heterocycles. The van der Waals surface area contributed by atoms with Gasteiger partial charge >= 0.3 is 0 Å². The van der Waals surface area contributed by atoms with Gasteiger partial charge in [-0.1, -0.05) is 13.3 Å². The van der Waals surface area contributed by atoms with Crippen LogP contribution in [0.25, 0.3) is 0 Å². The highest BCUT2D eigenvalue weighted by Crippen LogP contribution is 2.28.